The van der Waals surface area contributed by atoms with E-state index in [1.54, 1.807) is 12.1 Å². The Morgan fingerprint density at radius 1 is 1.21 bits per heavy atom. The molecule has 1 aromatic rings. The zero-order valence-corrected chi connectivity index (χ0v) is 11.8. The summed E-state index contributed by atoms with van der Waals surface area (Å²) >= 11 is 0. The van der Waals surface area contributed by atoms with Crippen molar-refractivity contribution in [3.8, 4) is 5.75 Å². The number of rotatable bonds is 2. The van der Waals surface area contributed by atoms with Gasteiger partial charge in [-0.1, -0.05) is 0 Å². The summed E-state index contributed by atoms with van der Waals surface area (Å²) in [7, 11) is -3.42. The fourth-order valence-electron chi connectivity index (χ4n) is 2.21. The normalized spacial score (nSPS) is 15.5. The van der Waals surface area contributed by atoms with Gasteiger partial charge in [-0.3, -0.25) is 4.79 Å². The number of esters is 1. The Kier molecular flexibility index (Phi) is 3.91. The third-order valence-corrected chi connectivity index (χ3v) is 4.18. The summed E-state index contributed by atoms with van der Waals surface area (Å²) in [5.74, 6) is -0.382. The highest BCUT2D eigenvalue weighted by molar-refractivity contribution is 7.90. The third-order valence-electron chi connectivity index (χ3n) is 3.06. The Bertz CT molecular complexity index is 607. The van der Waals surface area contributed by atoms with Crippen molar-refractivity contribution in [1.82, 2.24) is 5.32 Å². The molecule has 1 N–H and O–H groups in total. The fourth-order valence-corrected chi connectivity index (χ4v) is 3.03. The second kappa shape index (κ2) is 5.30. The standard InChI is InChI=1S/C13H17NO4S/c1-9(15)18-12-7-10-3-5-14-6-4-11(10)8-13(12)19(2,16)17/h7-8,14H,3-6H2,1-2H3. The molecule has 1 aromatic carbocycles. The first kappa shape index (κ1) is 14.0. The average Bonchev–Trinajstić information content (AvgIpc) is 2.50. The number of hydrogen-bond donors (Lipinski definition) is 1. The molecule has 19 heavy (non-hydrogen) atoms. The lowest BCUT2D eigenvalue weighted by Crippen LogP contribution is -2.16. The largest absolute Gasteiger partial charge is 0.425 e. The summed E-state index contributed by atoms with van der Waals surface area (Å²) in [6.07, 6.45) is 2.70. The van der Waals surface area contributed by atoms with Gasteiger partial charge in [-0.05, 0) is 49.2 Å². The maximum absolute atomic E-state index is 11.8. The van der Waals surface area contributed by atoms with Crippen molar-refractivity contribution in [3.05, 3.63) is 23.3 Å². The van der Waals surface area contributed by atoms with Crippen LogP contribution < -0.4 is 10.1 Å². The van der Waals surface area contributed by atoms with Gasteiger partial charge in [-0.15, -0.1) is 0 Å². The highest BCUT2D eigenvalue weighted by Gasteiger charge is 2.20. The van der Waals surface area contributed by atoms with Crippen LogP contribution >= 0.6 is 0 Å². The number of fused-ring (bicyclic) bond motifs is 1. The van der Waals surface area contributed by atoms with Gasteiger partial charge in [0.15, 0.2) is 9.84 Å². The van der Waals surface area contributed by atoms with Gasteiger partial charge in [0.1, 0.15) is 10.6 Å². The van der Waals surface area contributed by atoms with Crippen molar-refractivity contribution < 1.29 is 17.9 Å². The third kappa shape index (κ3) is 3.33. The second-order valence-corrected chi connectivity index (χ2v) is 6.67. The number of benzene rings is 1. The number of carbonyl (C=O) groups excluding carboxylic acids is 1. The molecular formula is C13H17NO4S. The summed E-state index contributed by atoms with van der Waals surface area (Å²) < 4.78 is 28.6. The van der Waals surface area contributed by atoms with E-state index in [2.05, 4.69) is 5.32 Å². The molecule has 0 radical (unpaired) electrons. The number of carbonyl (C=O) groups is 1. The van der Waals surface area contributed by atoms with Crippen molar-refractivity contribution in [3.63, 3.8) is 0 Å². The molecule has 1 aliphatic heterocycles. The summed E-state index contributed by atoms with van der Waals surface area (Å²) in [6, 6.07) is 3.32. The molecule has 104 valence electrons. The molecule has 0 aromatic heterocycles. The maximum Gasteiger partial charge on any atom is 0.308 e. The number of ether oxygens (including phenoxy) is 1. The first-order valence-electron chi connectivity index (χ1n) is 6.13. The summed E-state index contributed by atoms with van der Waals surface area (Å²) in [5, 5.41) is 3.26. The molecule has 0 amide bonds. The Hall–Kier alpha value is -1.40. The van der Waals surface area contributed by atoms with Crippen molar-refractivity contribution >= 4 is 15.8 Å². The van der Waals surface area contributed by atoms with Gasteiger partial charge in [-0.2, -0.15) is 0 Å². The molecule has 1 heterocycles. The Morgan fingerprint density at radius 3 is 2.32 bits per heavy atom. The number of sulfone groups is 1. The van der Waals surface area contributed by atoms with Crippen molar-refractivity contribution in [2.75, 3.05) is 19.3 Å². The van der Waals surface area contributed by atoms with Crippen LogP contribution in [0.4, 0.5) is 0 Å². The zero-order chi connectivity index (χ0) is 14.0. The minimum Gasteiger partial charge on any atom is -0.425 e. The number of nitrogens with one attached hydrogen (secondary N) is 1. The Balaban J connectivity index is 2.57. The molecule has 0 saturated carbocycles. The molecule has 0 fully saturated rings. The monoisotopic (exact) mass is 283 g/mol. The maximum atomic E-state index is 11.8. The molecule has 0 aliphatic carbocycles. The van der Waals surface area contributed by atoms with Crippen LogP contribution in [0.15, 0.2) is 17.0 Å². The van der Waals surface area contributed by atoms with E-state index in [4.69, 9.17) is 4.74 Å². The van der Waals surface area contributed by atoms with Crippen LogP contribution in [0, 0.1) is 0 Å². The van der Waals surface area contributed by atoms with E-state index in [0.29, 0.717) is 0 Å². The first-order chi connectivity index (χ1) is 8.88. The minimum absolute atomic E-state index is 0.0864. The van der Waals surface area contributed by atoms with Gasteiger partial charge in [0, 0.05) is 13.2 Å². The smallest absolute Gasteiger partial charge is 0.308 e. The van der Waals surface area contributed by atoms with Crippen LogP contribution in [0.1, 0.15) is 18.1 Å². The SMILES string of the molecule is CC(=O)Oc1cc2c(cc1S(C)(=O)=O)CCNCC2. The molecule has 6 heteroatoms. The predicted octanol–water partition coefficient (Wildman–Crippen LogP) is 0.704. The van der Waals surface area contributed by atoms with E-state index in [-0.39, 0.29) is 10.6 Å². The zero-order valence-electron chi connectivity index (χ0n) is 11.0. The summed E-state index contributed by atoms with van der Waals surface area (Å²) in [4.78, 5) is 11.2. The van der Waals surface area contributed by atoms with Crippen LogP contribution in [-0.2, 0) is 27.5 Å². The van der Waals surface area contributed by atoms with Crippen LogP contribution in [0.3, 0.4) is 0 Å². The van der Waals surface area contributed by atoms with Crippen LogP contribution in [-0.4, -0.2) is 33.7 Å². The van der Waals surface area contributed by atoms with E-state index in [9.17, 15) is 13.2 Å². The predicted molar refractivity (Wildman–Crippen MR) is 71.1 cm³/mol. The molecular weight excluding hydrogens is 266 g/mol. The highest BCUT2D eigenvalue weighted by Crippen LogP contribution is 2.29. The molecule has 0 spiro atoms. The molecule has 0 atom stereocenters. The summed E-state index contributed by atoms with van der Waals surface area (Å²) in [5.41, 5.74) is 2.04. The van der Waals surface area contributed by atoms with Gasteiger partial charge < -0.3 is 10.1 Å². The quantitative estimate of drug-likeness (QED) is 0.639. The highest BCUT2D eigenvalue weighted by atomic mass is 32.2. The van der Waals surface area contributed by atoms with Crippen molar-refractivity contribution in [2.24, 2.45) is 0 Å². The van der Waals surface area contributed by atoms with Gasteiger partial charge >= 0.3 is 5.97 Å². The lowest BCUT2D eigenvalue weighted by molar-refractivity contribution is -0.132. The van der Waals surface area contributed by atoms with E-state index in [1.807, 2.05) is 0 Å². The van der Waals surface area contributed by atoms with Gasteiger partial charge in [0.2, 0.25) is 0 Å². The minimum atomic E-state index is -3.42. The first-order valence-corrected chi connectivity index (χ1v) is 8.02. The van der Waals surface area contributed by atoms with E-state index < -0.39 is 15.8 Å². The van der Waals surface area contributed by atoms with Crippen LogP contribution in [0.25, 0.3) is 0 Å². The van der Waals surface area contributed by atoms with Crippen molar-refractivity contribution in [2.45, 2.75) is 24.7 Å². The van der Waals surface area contributed by atoms with E-state index >= 15 is 0 Å². The second-order valence-electron chi connectivity index (χ2n) is 4.68. The molecule has 1 aliphatic rings. The average molecular weight is 283 g/mol. The molecule has 0 saturated heterocycles. The van der Waals surface area contributed by atoms with Crippen LogP contribution in [0.2, 0.25) is 0 Å². The lowest BCUT2D eigenvalue weighted by atomic mass is 10.0. The molecule has 0 bridgehead atoms. The van der Waals surface area contributed by atoms with Crippen molar-refractivity contribution in [1.29, 1.82) is 0 Å². The molecule has 0 unspecified atom stereocenters. The number of hydrogen-bond acceptors (Lipinski definition) is 5. The van der Waals surface area contributed by atoms with E-state index in [0.717, 1.165) is 43.3 Å². The molecule has 5 nitrogen and oxygen atoms in total. The Labute approximate surface area is 112 Å². The lowest BCUT2D eigenvalue weighted by Gasteiger charge is -2.13. The summed E-state index contributed by atoms with van der Waals surface area (Å²) in [6.45, 7) is 2.92. The Morgan fingerprint density at radius 2 is 1.79 bits per heavy atom. The van der Waals surface area contributed by atoms with Gasteiger partial charge in [0.05, 0.1) is 0 Å². The van der Waals surface area contributed by atoms with Crippen LogP contribution in [0.5, 0.6) is 5.75 Å². The van der Waals surface area contributed by atoms with Gasteiger partial charge in [-0.25, -0.2) is 8.42 Å². The van der Waals surface area contributed by atoms with E-state index in [1.165, 1.54) is 6.92 Å². The molecule has 2 rings (SSSR count). The van der Waals surface area contributed by atoms with Gasteiger partial charge in [0.25, 0.3) is 0 Å². The fraction of sp³-hybridized carbons (Fsp3) is 0.462. The topological polar surface area (TPSA) is 72.5 Å².